The molecule has 1 aliphatic heterocycles. The molecule has 1 aliphatic rings. The molecular formula is C21H25ClN4O. The van der Waals surface area contributed by atoms with Crippen molar-refractivity contribution in [1.82, 2.24) is 19.8 Å². The molecule has 2 aromatic rings. The largest absolute Gasteiger partial charge is 0.337 e. The maximum atomic E-state index is 12.4. The molecular weight excluding hydrogens is 360 g/mol. The third kappa shape index (κ3) is 5.15. The van der Waals surface area contributed by atoms with E-state index in [9.17, 15) is 4.79 Å². The number of amides is 1. The third-order valence-electron chi connectivity index (χ3n) is 4.93. The summed E-state index contributed by atoms with van der Waals surface area (Å²) in [5.41, 5.74) is 4.95. The summed E-state index contributed by atoms with van der Waals surface area (Å²) < 4.78 is 0. The zero-order chi connectivity index (χ0) is 19.4. The molecule has 0 N–H and O–H groups in total. The summed E-state index contributed by atoms with van der Waals surface area (Å²) in [6.45, 7) is 9.90. The van der Waals surface area contributed by atoms with Crippen LogP contribution in [0.5, 0.6) is 0 Å². The van der Waals surface area contributed by atoms with Crippen LogP contribution in [0.3, 0.4) is 0 Å². The van der Waals surface area contributed by atoms with Crippen LogP contribution >= 0.6 is 11.6 Å². The second kappa shape index (κ2) is 8.63. The van der Waals surface area contributed by atoms with E-state index in [4.69, 9.17) is 11.6 Å². The monoisotopic (exact) mass is 384 g/mol. The summed E-state index contributed by atoms with van der Waals surface area (Å²) >= 11 is 5.88. The molecule has 0 atom stereocenters. The van der Waals surface area contributed by atoms with E-state index in [0.29, 0.717) is 5.02 Å². The number of hydrogen-bond acceptors (Lipinski definition) is 4. The molecule has 3 rings (SSSR count). The molecule has 1 amide bonds. The van der Waals surface area contributed by atoms with Crippen LogP contribution in [0, 0.1) is 20.8 Å². The first-order chi connectivity index (χ1) is 12.9. The zero-order valence-corrected chi connectivity index (χ0v) is 16.8. The van der Waals surface area contributed by atoms with Gasteiger partial charge in [-0.1, -0.05) is 23.7 Å². The summed E-state index contributed by atoms with van der Waals surface area (Å²) in [6, 6.07) is 7.44. The number of nitrogens with zero attached hydrogens (tertiary/aromatic N) is 4. The molecule has 0 saturated carbocycles. The van der Waals surface area contributed by atoms with E-state index in [2.05, 4.69) is 14.9 Å². The molecule has 0 spiro atoms. The summed E-state index contributed by atoms with van der Waals surface area (Å²) in [6.07, 6.45) is 3.47. The van der Waals surface area contributed by atoms with Gasteiger partial charge in [-0.2, -0.15) is 0 Å². The second-order valence-corrected chi connectivity index (χ2v) is 7.35. The Morgan fingerprint density at radius 2 is 1.63 bits per heavy atom. The lowest BCUT2D eigenvalue weighted by atomic mass is 10.2. The van der Waals surface area contributed by atoms with Crippen molar-refractivity contribution in [2.45, 2.75) is 27.3 Å². The van der Waals surface area contributed by atoms with Crippen molar-refractivity contribution >= 4 is 23.6 Å². The van der Waals surface area contributed by atoms with Gasteiger partial charge in [0.2, 0.25) is 5.91 Å². The van der Waals surface area contributed by atoms with Gasteiger partial charge in [-0.05, 0) is 44.5 Å². The van der Waals surface area contributed by atoms with Gasteiger partial charge in [0.05, 0.1) is 22.8 Å². The molecule has 1 saturated heterocycles. The van der Waals surface area contributed by atoms with Crippen LogP contribution in [-0.4, -0.2) is 51.9 Å². The van der Waals surface area contributed by atoms with Gasteiger partial charge in [0.1, 0.15) is 0 Å². The molecule has 1 fully saturated rings. The molecule has 27 heavy (non-hydrogen) atoms. The molecule has 6 heteroatoms. The highest BCUT2D eigenvalue weighted by Crippen LogP contribution is 2.13. The Hall–Kier alpha value is -2.24. The quantitative estimate of drug-likeness (QED) is 0.758. The van der Waals surface area contributed by atoms with Gasteiger partial charge >= 0.3 is 0 Å². The Morgan fingerprint density at radius 3 is 2.30 bits per heavy atom. The molecule has 0 radical (unpaired) electrons. The molecule has 0 aliphatic carbocycles. The summed E-state index contributed by atoms with van der Waals surface area (Å²) in [5, 5.41) is 0.693. The van der Waals surface area contributed by atoms with Crippen molar-refractivity contribution in [3.05, 3.63) is 63.7 Å². The SMILES string of the molecule is Cc1nc(C)c(CN2CCN(C(=O)/C=C/c3ccc(Cl)cc3)CC2)nc1C. The van der Waals surface area contributed by atoms with Crippen LogP contribution in [0.1, 0.15) is 28.3 Å². The Bertz CT molecular complexity index is 840. The molecule has 1 aromatic carbocycles. The van der Waals surface area contributed by atoms with E-state index in [-0.39, 0.29) is 5.91 Å². The Kier molecular flexibility index (Phi) is 6.24. The average Bonchev–Trinajstić information content (AvgIpc) is 2.66. The molecule has 2 heterocycles. The highest BCUT2D eigenvalue weighted by molar-refractivity contribution is 6.30. The Morgan fingerprint density at radius 1 is 1.00 bits per heavy atom. The van der Waals surface area contributed by atoms with Gasteiger partial charge in [0, 0.05) is 43.8 Å². The number of carbonyl (C=O) groups is 1. The number of halogens is 1. The number of piperazine rings is 1. The van der Waals surface area contributed by atoms with Gasteiger partial charge < -0.3 is 4.90 Å². The first-order valence-corrected chi connectivity index (χ1v) is 9.56. The first kappa shape index (κ1) is 19.5. The van der Waals surface area contributed by atoms with Crippen LogP contribution in [-0.2, 0) is 11.3 Å². The van der Waals surface area contributed by atoms with Crippen molar-refractivity contribution in [2.75, 3.05) is 26.2 Å². The first-order valence-electron chi connectivity index (χ1n) is 9.18. The van der Waals surface area contributed by atoms with E-state index >= 15 is 0 Å². The van der Waals surface area contributed by atoms with Gasteiger partial charge in [-0.15, -0.1) is 0 Å². The molecule has 142 valence electrons. The van der Waals surface area contributed by atoms with Gasteiger partial charge in [0.25, 0.3) is 0 Å². The number of aryl methyl sites for hydroxylation is 3. The smallest absolute Gasteiger partial charge is 0.246 e. The summed E-state index contributed by atoms with van der Waals surface area (Å²) in [4.78, 5) is 25.9. The average molecular weight is 385 g/mol. The standard InChI is InChI=1S/C21H25ClN4O/c1-15-16(2)24-20(17(3)23-15)14-25-10-12-26(13-11-25)21(27)9-6-18-4-7-19(22)8-5-18/h4-9H,10-14H2,1-3H3/b9-6+. The summed E-state index contributed by atoms with van der Waals surface area (Å²) in [5.74, 6) is 0.0479. The van der Waals surface area contributed by atoms with Crippen molar-refractivity contribution in [1.29, 1.82) is 0 Å². The number of aromatic nitrogens is 2. The molecule has 1 aromatic heterocycles. The minimum atomic E-state index is 0.0479. The highest BCUT2D eigenvalue weighted by atomic mass is 35.5. The topological polar surface area (TPSA) is 49.3 Å². The number of rotatable bonds is 4. The minimum Gasteiger partial charge on any atom is -0.337 e. The van der Waals surface area contributed by atoms with Gasteiger partial charge in [-0.25, -0.2) is 0 Å². The maximum absolute atomic E-state index is 12.4. The van der Waals surface area contributed by atoms with Crippen LogP contribution in [0.25, 0.3) is 6.08 Å². The molecule has 5 nitrogen and oxygen atoms in total. The lowest BCUT2D eigenvalue weighted by Crippen LogP contribution is -2.48. The highest BCUT2D eigenvalue weighted by Gasteiger charge is 2.20. The van der Waals surface area contributed by atoms with Crippen LogP contribution in [0.2, 0.25) is 5.02 Å². The van der Waals surface area contributed by atoms with Crippen LogP contribution in [0.4, 0.5) is 0 Å². The normalized spacial score (nSPS) is 15.5. The van der Waals surface area contributed by atoms with Crippen molar-refractivity contribution in [2.24, 2.45) is 0 Å². The van der Waals surface area contributed by atoms with Gasteiger partial charge in [-0.3, -0.25) is 19.7 Å². The fourth-order valence-electron chi connectivity index (χ4n) is 3.10. The van der Waals surface area contributed by atoms with E-state index in [1.54, 1.807) is 6.08 Å². The second-order valence-electron chi connectivity index (χ2n) is 6.91. The zero-order valence-electron chi connectivity index (χ0n) is 16.1. The van der Waals surface area contributed by atoms with E-state index < -0.39 is 0 Å². The van der Waals surface area contributed by atoms with Crippen molar-refractivity contribution in [3.8, 4) is 0 Å². The fraction of sp³-hybridized carbons (Fsp3) is 0.381. The Balaban J connectivity index is 1.53. The summed E-state index contributed by atoms with van der Waals surface area (Å²) in [7, 11) is 0. The predicted molar refractivity (Wildman–Crippen MR) is 109 cm³/mol. The fourth-order valence-corrected chi connectivity index (χ4v) is 3.22. The number of benzene rings is 1. The molecule has 0 bridgehead atoms. The Labute approximate surface area is 165 Å². The number of carbonyl (C=O) groups excluding carboxylic acids is 1. The van der Waals surface area contributed by atoms with Crippen molar-refractivity contribution in [3.63, 3.8) is 0 Å². The van der Waals surface area contributed by atoms with E-state index in [1.165, 1.54) is 0 Å². The van der Waals surface area contributed by atoms with E-state index in [1.807, 2.05) is 56.0 Å². The molecule has 0 unspecified atom stereocenters. The number of hydrogen-bond donors (Lipinski definition) is 0. The van der Waals surface area contributed by atoms with E-state index in [0.717, 1.165) is 61.1 Å². The van der Waals surface area contributed by atoms with Crippen LogP contribution in [0.15, 0.2) is 30.3 Å². The third-order valence-corrected chi connectivity index (χ3v) is 5.18. The lowest BCUT2D eigenvalue weighted by Gasteiger charge is -2.34. The van der Waals surface area contributed by atoms with Gasteiger partial charge in [0.15, 0.2) is 0 Å². The predicted octanol–water partition coefficient (Wildman–Crippen LogP) is 3.41. The van der Waals surface area contributed by atoms with Crippen LogP contribution < -0.4 is 0 Å². The van der Waals surface area contributed by atoms with Crippen molar-refractivity contribution < 1.29 is 4.79 Å². The maximum Gasteiger partial charge on any atom is 0.246 e. The minimum absolute atomic E-state index is 0.0479. The lowest BCUT2D eigenvalue weighted by molar-refractivity contribution is -0.127.